The fraction of sp³-hybridized carbons (Fsp3) is 0.0769. The summed E-state index contributed by atoms with van der Waals surface area (Å²) < 4.78 is 16.2. The van der Waals surface area contributed by atoms with E-state index in [0.29, 0.717) is 35.0 Å². The first-order valence-electron chi connectivity index (χ1n) is 10.2. The van der Waals surface area contributed by atoms with Crippen LogP contribution in [0.15, 0.2) is 95.6 Å². The van der Waals surface area contributed by atoms with E-state index in [1.807, 2.05) is 30.3 Å². The minimum Gasteiger partial charge on any atom is -0.495 e. The summed E-state index contributed by atoms with van der Waals surface area (Å²) in [6, 6.07) is 24.9. The second kappa shape index (κ2) is 10.2. The quantitative estimate of drug-likeness (QED) is 0.383. The highest BCUT2D eigenvalue weighted by atomic mass is 16.5. The number of anilines is 2. The van der Waals surface area contributed by atoms with Gasteiger partial charge in [0.25, 0.3) is 11.8 Å². The van der Waals surface area contributed by atoms with Crippen molar-refractivity contribution in [2.24, 2.45) is 0 Å². The average molecular weight is 442 g/mol. The van der Waals surface area contributed by atoms with Crippen molar-refractivity contribution in [1.29, 1.82) is 0 Å². The van der Waals surface area contributed by atoms with Crippen LogP contribution in [0.5, 0.6) is 11.5 Å². The Morgan fingerprint density at radius 3 is 2.33 bits per heavy atom. The second-order valence-electron chi connectivity index (χ2n) is 7.10. The van der Waals surface area contributed by atoms with E-state index < -0.39 is 5.91 Å². The van der Waals surface area contributed by atoms with Gasteiger partial charge in [0.2, 0.25) is 0 Å². The SMILES string of the molecule is COc1ccc(NC(=O)c2ccco2)cc1NC(=O)c1ccc(OCc2ccccc2)cc1. The van der Waals surface area contributed by atoms with Crippen molar-refractivity contribution in [3.8, 4) is 11.5 Å². The Morgan fingerprint density at radius 2 is 1.64 bits per heavy atom. The smallest absolute Gasteiger partial charge is 0.291 e. The molecule has 0 aliphatic carbocycles. The molecule has 1 heterocycles. The molecule has 0 unspecified atom stereocenters. The van der Waals surface area contributed by atoms with Crippen LogP contribution in [0.3, 0.4) is 0 Å². The maximum atomic E-state index is 12.8. The van der Waals surface area contributed by atoms with Crippen LogP contribution in [0.1, 0.15) is 26.5 Å². The van der Waals surface area contributed by atoms with Crippen LogP contribution in [0.25, 0.3) is 0 Å². The van der Waals surface area contributed by atoms with E-state index >= 15 is 0 Å². The largest absolute Gasteiger partial charge is 0.495 e. The first-order chi connectivity index (χ1) is 16.1. The summed E-state index contributed by atoms with van der Waals surface area (Å²) in [5.74, 6) is 0.592. The van der Waals surface area contributed by atoms with Crippen LogP contribution in [0, 0.1) is 0 Å². The number of furan rings is 1. The van der Waals surface area contributed by atoms with E-state index in [0.717, 1.165) is 5.56 Å². The Kier molecular flexibility index (Phi) is 6.70. The molecule has 0 bridgehead atoms. The monoisotopic (exact) mass is 442 g/mol. The maximum Gasteiger partial charge on any atom is 0.291 e. The summed E-state index contributed by atoms with van der Waals surface area (Å²) in [5.41, 5.74) is 2.42. The van der Waals surface area contributed by atoms with Gasteiger partial charge in [-0.2, -0.15) is 0 Å². The number of ether oxygens (including phenoxy) is 2. The molecule has 33 heavy (non-hydrogen) atoms. The molecule has 4 aromatic rings. The van der Waals surface area contributed by atoms with Crippen molar-refractivity contribution >= 4 is 23.2 Å². The summed E-state index contributed by atoms with van der Waals surface area (Å²) >= 11 is 0. The normalized spacial score (nSPS) is 10.3. The summed E-state index contributed by atoms with van der Waals surface area (Å²) in [6.45, 7) is 0.445. The first kappa shape index (κ1) is 21.7. The number of benzene rings is 3. The molecule has 3 aromatic carbocycles. The lowest BCUT2D eigenvalue weighted by molar-refractivity contribution is 0.0995. The number of hydrogen-bond donors (Lipinski definition) is 2. The third-order valence-corrected chi connectivity index (χ3v) is 4.82. The van der Waals surface area contributed by atoms with E-state index in [4.69, 9.17) is 13.9 Å². The van der Waals surface area contributed by atoms with Crippen molar-refractivity contribution in [2.45, 2.75) is 6.61 Å². The van der Waals surface area contributed by atoms with Gasteiger partial charge in [0.1, 0.15) is 18.1 Å². The van der Waals surface area contributed by atoms with Crippen molar-refractivity contribution in [1.82, 2.24) is 0 Å². The van der Waals surface area contributed by atoms with Crippen LogP contribution in [0.2, 0.25) is 0 Å². The predicted molar refractivity (Wildman–Crippen MR) is 125 cm³/mol. The topological polar surface area (TPSA) is 89.8 Å². The third-order valence-electron chi connectivity index (χ3n) is 4.82. The summed E-state index contributed by atoms with van der Waals surface area (Å²) in [7, 11) is 1.50. The Balaban J connectivity index is 1.42. The molecule has 0 saturated heterocycles. The molecule has 0 radical (unpaired) electrons. The van der Waals surface area contributed by atoms with Crippen molar-refractivity contribution in [3.63, 3.8) is 0 Å². The zero-order chi connectivity index (χ0) is 23.0. The molecule has 0 saturated carbocycles. The van der Waals surface area contributed by atoms with E-state index in [1.54, 1.807) is 54.6 Å². The van der Waals surface area contributed by atoms with Gasteiger partial charge in [0.05, 0.1) is 19.1 Å². The van der Waals surface area contributed by atoms with Gasteiger partial charge in [0.15, 0.2) is 5.76 Å². The summed E-state index contributed by atoms with van der Waals surface area (Å²) in [6.07, 6.45) is 1.42. The zero-order valence-electron chi connectivity index (χ0n) is 17.9. The number of carbonyl (C=O) groups is 2. The molecule has 0 spiro atoms. The number of hydrogen-bond acceptors (Lipinski definition) is 5. The highest BCUT2D eigenvalue weighted by Gasteiger charge is 2.14. The van der Waals surface area contributed by atoms with Gasteiger partial charge in [0, 0.05) is 11.3 Å². The molecule has 2 amide bonds. The lowest BCUT2D eigenvalue weighted by Crippen LogP contribution is -2.14. The lowest BCUT2D eigenvalue weighted by Gasteiger charge is -2.13. The van der Waals surface area contributed by atoms with Crippen LogP contribution in [-0.2, 0) is 6.61 Å². The van der Waals surface area contributed by atoms with Crippen molar-refractivity contribution in [2.75, 3.05) is 17.7 Å². The fourth-order valence-corrected chi connectivity index (χ4v) is 3.12. The second-order valence-corrected chi connectivity index (χ2v) is 7.10. The van der Waals surface area contributed by atoms with Crippen LogP contribution in [0.4, 0.5) is 11.4 Å². The molecule has 7 nitrogen and oxygen atoms in total. The molecule has 166 valence electrons. The number of rotatable bonds is 8. The van der Waals surface area contributed by atoms with Crippen LogP contribution >= 0.6 is 0 Å². The minimum atomic E-state index is -0.395. The molecule has 2 N–H and O–H groups in total. The number of methoxy groups -OCH3 is 1. The van der Waals surface area contributed by atoms with Crippen LogP contribution in [-0.4, -0.2) is 18.9 Å². The minimum absolute atomic E-state index is 0.186. The standard InChI is InChI=1S/C26H22N2O5/c1-31-23-14-11-20(27-26(30)24-8-5-15-32-24)16-22(23)28-25(29)19-9-12-21(13-10-19)33-17-18-6-3-2-4-7-18/h2-16H,17H2,1H3,(H,27,30)(H,28,29). The molecular weight excluding hydrogens is 420 g/mol. The average Bonchev–Trinajstić information content (AvgIpc) is 3.39. The molecular formula is C26H22N2O5. The molecule has 0 aliphatic rings. The Hall–Kier alpha value is -4.52. The van der Waals surface area contributed by atoms with Gasteiger partial charge in [-0.1, -0.05) is 30.3 Å². The highest BCUT2D eigenvalue weighted by molar-refractivity contribution is 6.06. The van der Waals surface area contributed by atoms with Gasteiger partial charge in [-0.3, -0.25) is 9.59 Å². The lowest BCUT2D eigenvalue weighted by atomic mass is 10.2. The molecule has 0 fully saturated rings. The molecule has 4 rings (SSSR count). The van der Waals surface area contributed by atoms with Gasteiger partial charge < -0.3 is 24.5 Å². The molecule has 0 atom stereocenters. The summed E-state index contributed by atoms with van der Waals surface area (Å²) in [5, 5.41) is 5.55. The van der Waals surface area contributed by atoms with Gasteiger partial charge >= 0.3 is 0 Å². The third kappa shape index (κ3) is 5.59. The zero-order valence-corrected chi connectivity index (χ0v) is 17.9. The molecule has 7 heteroatoms. The number of carbonyl (C=O) groups excluding carboxylic acids is 2. The Labute approximate surface area is 191 Å². The van der Waals surface area contributed by atoms with Gasteiger partial charge in [-0.25, -0.2) is 0 Å². The number of nitrogens with one attached hydrogen (secondary N) is 2. The van der Waals surface area contributed by atoms with E-state index in [1.165, 1.54) is 13.4 Å². The molecule has 0 aliphatic heterocycles. The van der Waals surface area contributed by atoms with Gasteiger partial charge in [-0.05, 0) is 60.2 Å². The Bertz CT molecular complexity index is 1220. The number of amides is 2. The van der Waals surface area contributed by atoms with Crippen molar-refractivity contribution < 1.29 is 23.5 Å². The van der Waals surface area contributed by atoms with E-state index in [-0.39, 0.29) is 11.7 Å². The fourth-order valence-electron chi connectivity index (χ4n) is 3.12. The maximum absolute atomic E-state index is 12.8. The Morgan fingerprint density at radius 1 is 0.848 bits per heavy atom. The van der Waals surface area contributed by atoms with Gasteiger partial charge in [-0.15, -0.1) is 0 Å². The van der Waals surface area contributed by atoms with E-state index in [9.17, 15) is 9.59 Å². The van der Waals surface area contributed by atoms with Crippen molar-refractivity contribution in [3.05, 3.63) is 108 Å². The van der Waals surface area contributed by atoms with E-state index in [2.05, 4.69) is 10.6 Å². The highest BCUT2D eigenvalue weighted by Crippen LogP contribution is 2.29. The first-order valence-corrected chi connectivity index (χ1v) is 10.2. The van der Waals surface area contributed by atoms with Crippen LogP contribution < -0.4 is 20.1 Å². The summed E-state index contributed by atoms with van der Waals surface area (Å²) in [4.78, 5) is 25.0. The molecule has 1 aromatic heterocycles. The predicted octanol–water partition coefficient (Wildman–Crippen LogP) is 5.37.